The number of halogens is 1. The molecule has 3 rings (SSSR count). The van der Waals surface area contributed by atoms with Gasteiger partial charge in [0.1, 0.15) is 0 Å². The van der Waals surface area contributed by atoms with Gasteiger partial charge in [-0.3, -0.25) is 0 Å². The number of rotatable bonds is 1. The summed E-state index contributed by atoms with van der Waals surface area (Å²) in [5.41, 5.74) is 2.70. The molecule has 0 unspecified atom stereocenters. The van der Waals surface area contributed by atoms with Crippen molar-refractivity contribution >= 4 is 22.5 Å². The Kier molecular flexibility index (Phi) is 1.85. The van der Waals surface area contributed by atoms with Crippen molar-refractivity contribution in [1.82, 2.24) is 10.3 Å². The summed E-state index contributed by atoms with van der Waals surface area (Å²) in [4.78, 5) is 3.27. The van der Waals surface area contributed by atoms with Crippen molar-refractivity contribution in [3.63, 3.8) is 0 Å². The quantitative estimate of drug-likeness (QED) is 0.760. The van der Waals surface area contributed by atoms with E-state index in [1.54, 1.807) is 0 Å². The molecule has 3 heteroatoms. The van der Waals surface area contributed by atoms with Crippen LogP contribution in [0.4, 0.5) is 0 Å². The van der Waals surface area contributed by atoms with Crippen LogP contribution in [-0.4, -0.2) is 18.1 Å². The maximum absolute atomic E-state index is 6.13. The van der Waals surface area contributed by atoms with E-state index in [9.17, 15) is 0 Å². The van der Waals surface area contributed by atoms with E-state index in [1.165, 1.54) is 10.9 Å². The van der Waals surface area contributed by atoms with Gasteiger partial charge in [0.2, 0.25) is 0 Å². The number of hydrogen-bond acceptors (Lipinski definition) is 1. The molecule has 0 saturated carbocycles. The molecule has 2 heterocycles. The van der Waals surface area contributed by atoms with Gasteiger partial charge in [0.15, 0.2) is 0 Å². The van der Waals surface area contributed by atoms with Crippen LogP contribution in [0.15, 0.2) is 24.4 Å². The molecule has 2 aromatic rings. The maximum atomic E-state index is 6.13. The first-order valence-corrected chi connectivity index (χ1v) is 5.55. The average Bonchev–Trinajstić information content (AvgIpc) is 2.60. The van der Waals surface area contributed by atoms with E-state index in [4.69, 9.17) is 11.6 Å². The normalized spacial score (nSPS) is 19.1. The Hall–Kier alpha value is -0.990. The van der Waals surface area contributed by atoms with Crippen molar-refractivity contribution in [3.8, 4) is 0 Å². The second-order valence-electron chi connectivity index (χ2n) is 4.53. The van der Waals surface area contributed by atoms with Crippen LogP contribution in [-0.2, 0) is 5.41 Å². The van der Waals surface area contributed by atoms with Crippen molar-refractivity contribution in [2.24, 2.45) is 0 Å². The van der Waals surface area contributed by atoms with Gasteiger partial charge < -0.3 is 10.3 Å². The molecule has 1 aliphatic heterocycles. The van der Waals surface area contributed by atoms with Crippen molar-refractivity contribution in [3.05, 3.63) is 35.0 Å². The molecule has 2 nitrogen and oxygen atoms in total. The van der Waals surface area contributed by atoms with Crippen LogP contribution in [0.25, 0.3) is 10.9 Å². The molecule has 2 N–H and O–H groups in total. The molecule has 0 aliphatic carbocycles. The Morgan fingerprint density at radius 2 is 2.13 bits per heavy atom. The van der Waals surface area contributed by atoms with Crippen LogP contribution >= 0.6 is 11.6 Å². The van der Waals surface area contributed by atoms with Gasteiger partial charge in [-0.25, -0.2) is 0 Å². The third kappa shape index (κ3) is 1.22. The molecule has 1 saturated heterocycles. The smallest absolute Gasteiger partial charge is 0.0647 e. The molecule has 15 heavy (non-hydrogen) atoms. The van der Waals surface area contributed by atoms with Gasteiger partial charge in [-0.1, -0.05) is 30.7 Å². The van der Waals surface area contributed by atoms with Gasteiger partial charge in [0.05, 0.1) is 10.5 Å². The van der Waals surface area contributed by atoms with Crippen molar-refractivity contribution in [1.29, 1.82) is 0 Å². The molecule has 1 fully saturated rings. The third-order valence-corrected chi connectivity index (χ3v) is 3.66. The van der Waals surface area contributed by atoms with Gasteiger partial charge in [-0.2, -0.15) is 0 Å². The molecule has 0 bridgehead atoms. The maximum Gasteiger partial charge on any atom is 0.0647 e. The fourth-order valence-electron chi connectivity index (χ4n) is 2.31. The molecule has 1 aliphatic rings. The fourth-order valence-corrected chi connectivity index (χ4v) is 2.54. The number of benzene rings is 1. The molecule has 1 aromatic carbocycles. The number of para-hydroxylation sites is 1. The highest BCUT2D eigenvalue weighted by Crippen LogP contribution is 2.35. The Balaban J connectivity index is 2.24. The number of hydrogen-bond donors (Lipinski definition) is 2. The Labute approximate surface area is 93.6 Å². The SMILES string of the molecule is CC1(c2c[nH]c3c(Cl)cccc23)CNC1. The summed E-state index contributed by atoms with van der Waals surface area (Å²) in [6, 6.07) is 6.07. The fraction of sp³-hybridized carbons (Fsp3) is 0.333. The summed E-state index contributed by atoms with van der Waals surface area (Å²) in [6.07, 6.45) is 2.09. The number of aromatic nitrogens is 1. The minimum Gasteiger partial charge on any atom is -0.360 e. The minimum absolute atomic E-state index is 0.267. The van der Waals surface area contributed by atoms with E-state index < -0.39 is 0 Å². The highest BCUT2D eigenvalue weighted by molar-refractivity contribution is 6.35. The summed E-state index contributed by atoms with van der Waals surface area (Å²) >= 11 is 6.13. The van der Waals surface area contributed by atoms with Gasteiger partial charge in [-0.05, 0) is 11.6 Å². The third-order valence-electron chi connectivity index (χ3n) is 3.35. The van der Waals surface area contributed by atoms with Crippen LogP contribution in [0.3, 0.4) is 0 Å². The van der Waals surface area contributed by atoms with Crippen molar-refractivity contribution < 1.29 is 0 Å². The zero-order chi connectivity index (χ0) is 10.5. The van der Waals surface area contributed by atoms with Gasteiger partial charge >= 0.3 is 0 Å². The Morgan fingerprint density at radius 3 is 2.80 bits per heavy atom. The minimum atomic E-state index is 0.267. The summed E-state index contributed by atoms with van der Waals surface area (Å²) < 4.78 is 0. The summed E-state index contributed by atoms with van der Waals surface area (Å²) in [5, 5.41) is 5.38. The predicted octanol–water partition coefficient (Wildman–Crippen LogP) is 2.68. The topological polar surface area (TPSA) is 27.8 Å². The lowest BCUT2D eigenvalue weighted by Crippen LogP contribution is -2.54. The Morgan fingerprint density at radius 1 is 1.33 bits per heavy atom. The zero-order valence-electron chi connectivity index (χ0n) is 8.60. The summed E-state index contributed by atoms with van der Waals surface area (Å²) in [6.45, 7) is 4.38. The summed E-state index contributed by atoms with van der Waals surface area (Å²) in [7, 11) is 0. The molecular formula is C12H13ClN2. The van der Waals surface area contributed by atoms with E-state index in [2.05, 4.69) is 29.5 Å². The van der Waals surface area contributed by atoms with Crippen LogP contribution in [0.5, 0.6) is 0 Å². The molecule has 0 radical (unpaired) electrons. The second-order valence-corrected chi connectivity index (χ2v) is 4.94. The van der Waals surface area contributed by atoms with Gasteiger partial charge in [0.25, 0.3) is 0 Å². The number of nitrogens with one attached hydrogen (secondary N) is 2. The van der Waals surface area contributed by atoms with Gasteiger partial charge in [0, 0.05) is 30.1 Å². The predicted molar refractivity (Wildman–Crippen MR) is 63.5 cm³/mol. The summed E-state index contributed by atoms with van der Waals surface area (Å²) in [5.74, 6) is 0. The highest BCUT2D eigenvalue weighted by atomic mass is 35.5. The molecule has 0 spiro atoms. The first-order chi connectivity index (χ1) is 7.21. The van der Waals surface area contributed by atoms with Crippen molar-refractivity contribution in [2.45, 2.75) is 12.3 Å². The molecule has 0 atom stereocenters. The van der Waals surface area contributed by atoms with E-state index in [0.29, 0.717) is 0 Å². The lowest BCUT2D eigenvalue weighted by Gasteiger charge is -2.39. The van der Waals surface area contributed by atoms with E-state index in [-0.39, 0.29) is 5.41 Å². The molecule has 78 valence electrons. The number of H-pyrrole nitrogens is 1. The first kappa shape index (κ1) is 9.25. The van der Waals surface area contributed by atoms with E-state index in [1.807, 2.05) is 12.1 Å². The average molecular weight is 221 g/mol. The van der Waals surface area contributed by atoms with Crippen molar-refractivity contribution in [2.75, 3.05) is 13.1 Å². The van der Waals surface area contributed by atoms with Gasteiger partial charge in [-0.15, -0.1) is 0 Å². The van der Waals surface area contributed by atoms with Crippen LogP contribution in [0.1, 0.15) is 12.5 Å². The molecule has 1 aromatic heterocycles. The van der Waals surface area contributed by atoms with Crippen LogP contribution < -0.4 is 5.32 Å². The van der Waals surface area contributed by atoms with Crippen LogP contribution in [0.2, 0.25) is 5.02 Å². The lowest BCUT2D eigenvalue weighted by molar-refractivity contribution is 0.308. The molecule has 0 amide bonds. The monoisotopic (exact) mass is 220 g/mol. The lowest BCUT2D eigenvalue weighted by atomic mass is 9.77. The zero-order valence-corrected chi connectivity index (χ0v) is 9.36. The number of fused-ring (bicyclic) bond motifs is 1. The standard InChI is InChI=1S/C12H13ClN2/c1-12(6-14-7-12)9-5-15-11-8(9)3-2-4-10(11)13/h2-5,14-15H,6-7H2,1H3. The largest absolute Gasteiger partial charge is 0.360 e. The van der Waals surface area contributed by atoms with Crippen LogP contribution in [0, 0.1) is 0 Å². The number of aromatic amines is 1. The highest BCUT2D eigenvalue weighted by Gasteiger charge is 2.35. The van der Waals surface area contributed by atoms with E-state index >= 15 is 0 Å². The van der Waals surface area contributed by atoms with E-state index in [0.717, 1.165) is 23.6 Å². The first-order valence-electron chi connectivity index (χ1n) is 5.17. The Bertz CT molecular complexity index is 511. The second kappa shape index (κ2) is 3.00. The molecular weight excluding hydrogens is 208 g/mol.